The summed E-state index contributed by atoms with van der Waals surface area (Å²) in [6.45, 7) is 6.92. The molecule has 0 aromatic heterocycles. The van der Waals surface area contributed by atoms with Crippen molar-refractivity contribution in [2.75, 3.05) is 13.2 Å². The summed E-state index contributed by atoms with van der Waals surface area (Å²) in [4.78, 5) is 48.6. The fourth-order valence-electron chi connectivity index (χ4n) is 3.15. The van der Waals surface area contributed by atoms with E-state index in [9.17, 15) is 19.2 Å². The summed E-state index contributed by atoms with van der Waals surface area (Å²) >= 11 is 0. The van der Waals surface area contributed by atoms with Gasteiger partial charge in [0, 0.05) is 25.7 Å². The Hall–Kier alpha value is -1.94. The summed E-state index contributed by atoms with van der Waals surface area (Å²) in [6.07, 6.45) is -0.133. The predicted octanol–water partition coefficient (Wildman–Crippen LogP) is 2.36. The number of hydrogen-bond acceptors (Lipinski definition) is 9. The standard InChI is InChI=1S/C22H35O9Si/c1-5-9-16(23)27-13-15(29-17(24)10-6-2)20-21(30-18(25)11-7-3)22(32,14-28-20)31-19(26)12-8-4/h15,20-21H,5-14H2,1-4H3/t15-,20?,21+,22+/m1/s1. The molecule has 1 fully saturated rings. The van der Waals surface area contributed by atoms with Gasteiger partial charge in [0.1, 0.15) is 12.7 Å². The van der Waals surface area contributed by atoms with Crippen molar-refractivity contribution in [3.63, 3.8) is 0 Å². The van der Waals surface area contributed by atoms with Crippen LogP contribution in [0.15, 0.2) is 0 Å². The maximum atomic E-state index is 12.3. The van der Waals surface area contributed by atoms with Gasteiger partial charge >= 0.3 is 23.9 Å². The SMILES string of the molecule is CCCC(=O)OC[C@@H](OC(=O)CCC)C1OC[C@@]([Si])(OC(=O)CCC)[C@H]1OC(=O)CCC. The van der Waals surface area contributed by atoms with Crippen molar-refractivity contribution in [2.45, 2.75) is 103 Å². The third-order valence-corrected chi connectivity index (χ3v) is 5.21. The lowest BCUT2D eigenvalue weighted by molar-refractivity contribution is -0.181. The predicted molar refractivity (Wildman–Crippen MR) is 115 cm³/mol. The molecule has 1 rings (SSSR count). The molecular weight excluding hydrogens is 436 g/mol. The Morgan fingerprint density at radius 2 is 1.41 bits per heavy atom. The molecule has 10 heteroatoms. The van der Waals surface area contributed by atoms with E-state index in [0.717, 1.165) is 0 Å². The van der Waals surface area contributed by atoms with Crippen LogP contribution in [-0.2, 0) is 42.9 Å². The minimum atomic E-state index is -1.46. The van der Waals surface area contributed by atoms with Crippen LogP contribution in [0, 0.1) is 0 Å². The van der Waals surface area contributed by atoms with Crippen LogP contribution in [0.1, 0.15) is 79.1 Å². The van der Waals surface area contributed by atoms with Crippen molar-refractivity contribution in [3.05, 3.63) is 0 Å². The summed E-state index contributed by atoms with van der Waals surface area (Å²) in [6, 6.07) is 0. The number of esters is 4. The van der Waals surface area contributed by atoms with E-state index in [2.05, 4.69) is 10.2 Å². The zero-order valence-electron chi connectivity index (χ0n) is 19.5. The maximum absolute atomic E-state index is 12.3. The van der Waals surface area contributed by atoms with Gasteiger partial charge in [0.05, 0.1) is 16.8 Å². The topological polar surface area (TPSA) is 114 Å². The highest BCUT2D eigenvalue weighted by Gasteiger charge is 2.55. The van der Waals surface area contributed by atoms with E-state index < -0.39 is 47.4 Å². The molecule has 1 aliphatic rings. The van der Waals surface area contributed by atoms with Crippen LogP contribution in [0.2, 0.25) is 0 Å². The first-order valence-electron chi connectivity index (χ1n) is 11.3. The van der Waals surface area contributed by atoms with Gasteiger partial charge in [0.2, 0.25) is 0 Å². The Kier molecular flexibility index (Phi) is 12.5. The third-order valence-electron chi connectivity index (χ3n) is 4.68. The first kappa shape index (κ1) is 28.1. The Bertz CT molecular complexity index is 639. The smallest absolute Gasteiger partial charge is 0.306 e. The Morgan fingerprint density at radius 3 is 2.00 bits per heavy atom. The summed E-state index contributed by atoms with van der Waals surface area (Å²) in [5, 5.41) is -1.46. The number of carbonyl (C=O) groups excluding carboxylic acids is 4. The van der Waals surface area contributed by atoms with Gasteiger partial charge in [-0.2, -0.15) is 0 Å². The molecule has 0 aromatic carbocycles. The molecule has 4 atom stereocenters. The quantitative estimate of drug-likeness (QED) is 0.214. The van der Waals surface area contributed by atoms with Gasteiger partial charge in [-0.25, -0.2) is 0 Å². The molecule has 3 radical (unpaired) electrons. The molecule has 32 heavy (non-hydrogen) atoms. The minimum Gasteiger partial charge on any atom is -0.462 e. The molecule has 1 unspecified atom stereocenters. The van der Waals surface area contributed by atoms with E-state index in [4.69, 9.17) is 23.7 Å². The van der Waals surface area contributed by atoms with Gasteiger partial charge in [-0.1, -0.05) is 27.7 Å². The second kappa shape index (κ2) is 14.3. The highest BCUT2D eigenvalue weighted by molar-refractivity contribution is 6.16. The second-order valence-electron chi connectivity index (χ2n) is 7.76. The van der Waals surface area contributed by atoms with Crippen LogP contribution in [-0.4, -0.2) is 70.9 Å². The van der Waals surface area contributed by atoms with Crippen LogP contribution in [0.3, 0.4) is 0 Å². The molecule has 0 aliphatic carbocycles. The molecule has 1 aliphatic heterocycles. The molecule has 0 N–H and O–H groups in total. The molecule has 0 amide bonds. The monoisotopic (exact) mass is 471 g/mol. The molecule has 0 aromatic rings. The van der Waals surface area contributed by atoms with E-state index in [1.165, 1.54) is 0 Å². The Labute approximate surface area is 193 Å². The minimum absolute atomic E-state index is 0.140. The van der Waals surface area contributed by atoms with Crippen LogP contribution < -0.4 is 0 Å². The van der Waals surface area contributed by atoms with Crippen molar-refractivity contribution >= 4 is 34.1 Å². The lowest BCUT2D eigenvalue weighted by Crippen LogP contribution is -2.54. The average Bonchev–Trinajstić information content (AvgIpc) is 3.01. The zero-order chi connectivity index (χ0) is 24.1. The maximum Gasteiger partial charge on any atom is 0.306 e. The second-order valence-corrected chi connectivity index (χ2v) is 8.61. The van der Waals surface area contributed by atoms with Gasteiger partial charge in [0.15, 0.2) is 17.4 Å². The zero-order valence-corrected chi connectivity index (χ0v) is 20.5. The first-order valence-corrected chi connectivity index (χ1v) is 11.8. The molecule has 0 bridgehead atoms. The van der Waals surface area contributed by atoms with E-state index in [0.29, 0.717) is 25.7 Å². The van der Waals surface area contributed by atoms with Gasteiger partial charge in [-0.3, -0.25) is 19.2 Å². The highest BCUT2D eigenvalue weighted by Crippen LogP contribution is 2.33. The van der Waals surface area contributed by atoms with Crippen molar-refractivity contribution in [2.24, 2.45) is 0 Å². The van der Waals surface area contributed by atoms with Gasteiger partial charge in [0.25, 0.3) is 0 Å². The van der Waals surface area contributed by atoms with Crippen LogP contribution in [0.25, 0.3) is 0 Å². The molecule has 1 heterocycles. The number of carbonyl (C=O) groups is 4. The van der Waals surface area contributed by atoms with E-state index in [-0.39, 0.29) is 38.9 Å². The van der Waals surface area contributed by atoms with Crippen molar-refractivity contribution < 1.29 is 42.9 Å². The fraction of sp³-hybridized carbons (Fsp3) is 0.818. The van der Waals surface area contributed by atoms with Crippen LogP contribution in [0.5, 0.6) is 0 Å². The van der Waals surface area contributed by atoms with Crippen molar-refractivity contribution in [1.82, 2.24) is 0 Å². The summed E-state index contributed by atoms with van der Waals surface area (Å²) in [5.74, 6) is -1.94. The third kappa shape index (κ3) is 8.89. The van der Waals surface area contributed by atoms with E-state index in [1.54, 1.807) is 0 Å². The molecule has 9 nitrogen and oxygen atoms in total. The lowest BCUT2D eigenvalue weighted by Gasteiger charge is -2.33. The summed E-state index contributed by atoms with van der Waals surface area (Å²) in [5.41, 5.74) is 0. The molecule has 0 spiro atoms. The number of rotatable bonds is 14. The Balaban J connectivity index is 3.14. The van der Waals surface area contributed by atoms with Crippen LogP contribution in [0.4, 0.5) is 0 Å². The van der Waals surface area contributed by atoms with Gasteiger partial charge in [-0.05, 0) is 25.7 Å². The molecule has 1 saturated heterocycles. The van der Waals surface area contributed by atoms with Crippen molar-refractivity contribution in [3.8, 4) is 0 Å². The summed E-state index contributed by atoms with van der Waals surface area (Å²) < 4.78 is 27.8. The largest absolute Gasteiger partial charge is 0.462 e. The summed E-state index contributed by atoms with van der Waals surface area (Å²) in [7, 11) is 3.44. The fourth-order valence-corrected chi connectivity index (χ4v) is 3.57. The average molecular weight is 472 g/mol. The molecule has 0 saturated carbocycles. The van der Waals surface area contributed by atoms with E-state index in [1.807, 2.05) is 27.7 Å². The van der Waals surface area contributed by atoms with Gasteiger partial charge < -0.3 is 23.7 Å². The first-order chi connectivity index (χ1) is 15.2. The molecular formula is C22H35O9Si. The van der Waals surface area contributed by atoms with Crippen LogP contribution >= 0.6 is 0 Å². The lowest BCUT2D eigenvalue weighted by atomic mass is 10.0. The van der Waals surface area contributed by atoms with Crippen molar-refractivity contribution in [1.29, 1.82) is 0 Å². The molecule has 181 valence electrons. The van der Waals surface area contributed by atoms with E-state index >= 15 is 0 Å². The number of hydrogen-bond donors (Lipinski definition) is 0. The van der Waals surface area contributed by atoms with Gasteiger partial charge in [-0.15, -0.1) is 0 Å². The highest BCUT2D eigenvalue weighted by atomic mass is 28.1. The normalized spacial score (nSPS) is 23.3. The number of ether oxygens (including phenoxy) is 5. The Morgan fingerprint density at radius 1 is 0.875 bits per heavy atom.